The number of carbonyl (C=O) groups is 1. The molecule has 0 radical (unpaired) electrons. The predicted octanol–water partition coefficient (Wildman–Crippen LogP) is 1.96. The van der Waals surface area contributed by atoms with Gasteiger partial charge in [0.05, 0.1) is 0 Å². The fourth-order valence-corrected chi connectivity index (χ4v) is 2.77. The molecule has 0 amide bonds. The van der Waals surface area contributed by atoms with E-state index in [9.17, 15) is 13.2 Å². The van der Waals surface area contributed by atoms with E-state index in [2.05, 4.69) is 0 Å². The van der Waals surface area contributed by atoms with Crippen molar-refractivity contribution in [2.45, 2.75) is 24.5 Å². The molecule has 0 aliphatic rings. The number of aldehydes is 1. The maximum Gasteiger partial charge on any atom is 0.298 e. The maximum atomic E-state index is 11.2. The van der Waals surface area contributed by atoms with Crippen LogP contribution in [-0.2, 0) is 10.1 Å². The smallest absolute Gasteiger partial charge is 0.298 e. The molecule has 0 aliphatic carbocycles. The second kappa shape index (κ2) is 4.59. The first-order valence-corrected chi connectivity index (χ1v) is 9.74. The Balaban J connectivity index is 3.36. The highest BCUT2D eigenvalue weighted by atomic mass is 32.2. The van der Waals surface area contributed by atoms with Crippen LogP contribution in [0, 0.1) is 0 Å². The second-order valence-electron chi connectivity index (χ2n) is 4.51. The van der Waals surface area contributed by atoms with Gasteiger partial charge in [-0.3, -0.25) is 9.35 Å². The van der Waals surface area contributed by atoms with E-state index in [1.165, 1.54) is 12.1 Å². The van der Waals surface area contributed by atoms with Crippen molar-refractivity contribution >= 4 is 24.7 Å². The monoisotopic (exact) mass is 274 g/mol. The van der Waals surface area contributed by atoms with Gasteiger partial charge in [-0.05, 0) is 37.8 Å². The Hall–Kier alpha value is -1.18. The Morgan fingerprint density at radius 3 is 2.29 bits per heavy atom. The summed E-state index contributed by atoms with van der Waals surface area (Å²) in [4.78, 5) is 10.2. The van der Waals surface area contributed by atoms with Gasteiger partial charge in [-0.2, -0.15) is 8.42 Å². The van der Waals surface area contributed by atoms with Crippen LogP contribution in [0.2, 0.25) is 19.6 Å². The molecular formula is C10H14O5SSi. The Labute approximate surface area is 101 Å². The molecule has 0 aliphatic heterocycles. The van der Waals surface area contributed by atoms with Crippen molar-refractivity contribution < 1.29 is 22.2 Å². The van der Waals surface area contributed by atoms with Crippen LogP contribution in [-0.4, -0.2) is 27.6 Å². The number of hydrogen-bond acceptors (Lipinski definition) is 4. The van der Waals surface area contributed by atoms with Crippen molar-refractivity contribution in [3.05, 3.63) is 23.8 Å². The number of carbonyl (C=O) groups excluding carboxylic acids is 1. The van der Waals surface area contributed by atoms with E-state index in [0.717, 1.165) is 6.07 Å². The molecular weight excluding hydrogens is 260 g/mol. The number of rotatable bonds is 4. The lowest BCUT2D eigenvalue weighted by Crippen LogP contribution is -2.30. The minimum absolute atomic E-state index is 0.0808. The first-order chi connectivity index (χ1) is 7.63. The van der Waals surface area contributed by atoms with Gasteiger partial charge in [-0.1, -0.05) is 0 Å². The molecule has 0 heterocycles. The van der Waals surface area contributed by atoms with Gasteiger partial charge in [0.25, 0.3) is 10.1 Å². The zero-order valence-electron chi connectivity index (χ0n) is 9.80. The van der Waals surface area contributed by atoms with Gasteiger partial charge < -0.3 is 4.43 Å². The van der Waals surface area contributed by atoms with E-state index in [1.807, 2.05) is 19.6 Å². The summed E-state index contributed by atoms with van der Waals surface area (Å²) in [5.41, 5.74) is 0.167. The molecule has 17 heavy (non-hydrogen) atoms. The molecule has 94 valence electrons. The predicted molar refractivity (Wildman–Crippen MR) is 65.6 cm³/mol. The van der Waals surface area contributed by atoms with Crippen LogP contribution in [0.4, 0.5) is 0 Å². The van der Waals surface area contributed by atoms with Crippen LogP contribution in [0.25, 0.3) is 0 Å². The van der Waals surface area contributed by atoms with Gasteiger partial charge in [0.1, 0.15) is 16.9 Å². The zero-order chi connectivity index (χ0) is 13.3. The summed E-state index contributed by atoms with van der Waals surface area (Å²) in [5, 5.41) is 0. The van der Waals surface area contributed by atoms with Crippen LogP contribution in [0.15, 0.2) is 23.1 Å². The molecule has 0 unspecified atom stereocenters. The van der Waals surface area contributed by atoms with Crippen molar-refractivity contribution in [3.8, 4) is 5.75 Å². The van der Waals surface area contributed by atoms with Gasteiger partial charge in [0.15, 0.2) is 0 Å². The van der Waals surface area contributed by atoms with Crippen LogP contribution in [0.1, 0.15) is 10.4 Å². The Morgan fingerprint density at radius 2 is 1.88 bits per heavy atom. The Kier molecular flexibility index (Phi) is 3.75. The van der Waals surface area contributed by atoms with E-state index in [4.69, 9.17) is 8.98 Å². The highest BCUT2D eigenvalue weighted by Crippen LogP contribution is 2.27. The molecule has 1 aromatic carbocycles. The number of benzene rings is 1. The summed E-state index contributed by atoms with van der Waals surface area (Å²) in [7, 11) is -6.40. The average molecular weight is 274 g/mol. The summed E-state index contributed by atoms with van der Waals surface area (Å²) >= 11 is 0. The summed E-state index contributed by atoms with van der Waals surface area (Å²) in [5.74, 6) is 0.0808. The molecule has 1 rings (SSSR count). The van der Waals surface area contributed by atoms with Crippen LogP contribution < -0.4 is 4.43 Å². The standard InChI is InChI=1S/C10H14O5SSi/c1-17(2,3)15-9-5-4-8(7-11)6-10(9)16(12,13)14/h4-7H,1-3H3,(H,12,13,14). The fourth-order valence-electron chi connectivity index (χ4n) is 1.21. The molecule has 1 aromatic rings. The molecule has 7 heteroatoms. The van der Waals surface area contributed by atoms with Crippen molar-refractivity contribution in [1.29, 1.82) is 0 Å². The lowest BCUT2D eigenvalue weighted by molar-refractivity contribution is 0.112. The first kappa shape index (κ1) is 13.9. The van der Waals surface area contributed by atoms with Crippen LogP contribution >= 0.6 is 0 Å². The highest BCUT2D eigenvalue weighted by molar-refractivity contribution is 7.86. The summed E-state index contributed by atoms with van der Waals surface area (Å²) in [6.45, 7) is 5.65. The molecule has 0 bridgehead atoms. The van der Waals surface area contributed by atoms with Crippen molar-refractivity contribution in [2.24, 2.45) is 0 Å². The zero-order valence-corrected chi connectivity index (χ0v) is 11.6. The molecule has 0 spiro atoms. The molecule has 0 saturated heterocycles. The largest absolute Gasteiger partial charge is 0.543 e. The van der Waals surface area contributed by atoms with Gasteiger partial charge in [0, 0.05) is 5.56 Å². The van der Waals surface area contributed by atoms with Crippen molar-refractivity contribution in [3.63, 3.8) is 0 Å². The third kappa shape index (κ3) is 3.95. The minimum Gasteiger partial charge on any atom is -0.543 e. The molecule has 5 nitrogen and oxygen atoms in total. The van der Waals surface area contributed by atoms with E-state index in [-0.39, 0.29) is 16.2 Å². The van der Waals surface area contributed by atoms with Gasteiger partial charge in [0.2, 0.25) is 8.32 Å². The molecule has 0 atom stereocenters. The highest BCUT2D eigenvalue weighted by Gasteiger charge is 2.23. The lowest BCUT2D eigenvalue weighted by atomic mass is 10.2. The van der Waals surface area contributed by atoms with Crippen molar-refractivity contribution in [1.82, 2.24) is 0 Å². The second-order valence-corrected chi connectivity index (χ2v) is 10.3. The Bertz CT molecular complexity index is 530. The summed E-state index contributed by atoms with van der Waals surface area (Å²) < 4.78 is 37.0. The average Bonchev–Trinajstić information content (AvgIpc) is 2.14. The van der Waals surface area contributed by atoms with Gasteiger partial charge in [-0.15, -0.1) is 0 Å². The third-order valence-corrected chi connectivity index (χ3v) is 3.51. The number of hydrogen-bond donors (Lipinski definition) is 1. The van der Waals surface area contributed by atoms with Crippen LogP contribution in [0.3, 0.4) is 0 Å². The maximum absolute atomic E-state index is 11.2. The van der Waals surface area contributed by atoms with Gasteiger partial charge >= 0.3 is 0 Å². The SMILES string of the molecule is C[Si](C)(C)Oc1ccc(C=O)cc1S(=O)(=O)O. The first-order valence-electron chi connectivity index (χ1n) is 4.89. The topological polar surface area (TPSA) is 80.7 Å². The minimum atomic E-state index is -4.40. The quantitative estimate of drug-likeness (QED) is 0.515. The molecule has 0 aromatic heterocycles. The molecule has 0 fully saturated rings. The van der Waals surface area contributed by atoms with E-state index >= 15 is 0 Å². The van der Waals surface area contributed by atoms with E-state index in [1.54, 1.807) is 0 Å². The third-order valence-electron chi connectivity index (χ3n) is 1.80. The normalized spacial score (nSPS) is 12.2. The van der Waals surface area contributed by atoms with E-state index < -0.39 is 18.4 Å². The summed E-state index contributed by atoms with van der Waals surface area (Å²) in [6.07, 6.45) is 0.507. The van der Waals surface area contributed by atoms with Crippen LogP contribution in [0.5, 0.6) is 5.75 Å². The van der Waals surface area contributed by atoms with Crippen molar-refractivity contribution in [2.75, 3.05) is 0 Å². The lowest BCUT2D eigenvalue weighted by Gasteiger charge is -2.20. The fraction of sp³-hybridized carbons (Fsp3) is 0.300. The molecule has 1 N–H and O–H groups in total. The molecule has 0 saturated carbocycles. The summed E-state index contributed by atoms with van der Waals surface area (Å²) in [6, 6.07) is 3.92. The Morgan fingerprint density at radius 1 is 1.29 bits per heavy atom. The van der Waals surface area contributed by atoms with E-state index in [0.29, 0.717) is 6.29 Å². The van der Waals surface area contributed by atoms with Gasteiger partial charge in [-0.25, -0.2) is 0 Å².